The van der Waals surface area contributed by atoms with Gasteiger partial charge in [0.2, 0.25) is 0 Å². The lowest BCUT2D eigenvalue weighted by atomic mass is 10.1. The molecule has 130 valence electrons. The van der Waals surface area contributed by atoms with Gasteiger partial charge in [0.25, 0.3) is 0 Å². The van der Waals surface area contributed by atoms with Gasteiger partial charge in [-0.05, 0) is 35.9 Å². The zero-order chi connectivity index (χ0) is 17.6. The van der Waals surface area contributed by atoms with Gasteiger partial charge in [-0.15, -0.1) is 0 Å². The molecule has 2 aromatic carbocycles. The Labute approximate surface area is 147 Å². The van der Waals surface area contributed by atoms with Crippen LogP contribution >= 0.6 is 0 Å². The maximum Gasteiger partial charge on any atom is 0.185 e. The maximum absolute atomic E-state index is 12.4. The Morgan fingerprint density at radius 1 is 1.20 bits per heavy atom. The molecule has 2 aromatic rings. The molecule has 1 saturated heterocycles. The topological polar surface area (TPSA) is 59.0 Å². The molecule has 1 aliphatic rings. The largest absolute Gasteiger partial charge is 0.504 e. The number of rotatable bonds is 5. The minimum atomic E-state index is -0.0783. The van der Waals surface area contributed by atoms with E-state index in [1.165, 1.54) is 13.2 Å². The van der Waals surface area contributed by atoms with Crippen LogP contribution in [0, 0.1) is 0 Å². The predicted molar refractivity (Wildman–Crippen MR) is 97.5 cm³/mol. The smallest absolute Gasteiger partial charge is 0.185 e. The Kier molecular flexibility index (Phi) is 5.36. The van der Waals surface area contributed by atoms with E-state index in [0.29, 0.717) is 24.5 Å². The average Bonchev–Trinajstić information content (AvgIpc) is 2.67. The molecular formula is C20H21NO4. The van der Waals surface area contributed by atoms with Crippen LogP contribution in [0.1, 0.15) is 15.9 Å². The Morgan fingerprint density at radius 3 is 2.72 bits per heavy atom. The van der Waals surface area contributed by atoms with E-state index < -0.39 is 0 Å². The van der Waals surface area contributed by atoms with Crippen molar-refractivity contribution in [2.24, 2.45) is 0 Å². The van der Waals surface area contributed by atoms with E-state index in [0.717, 1.165) is 24.3 Å². The first-order chi connectivity index (χ1) is 12.2. The van der Waals surface area contributed by atoms with Gasteiger partial charge in [-0.25, -0.2) is 0 Å². The molecule has 0 unspecified atom stereocenters. The van der Waals surface area contributed by atoms with Crippen molar-refractivity contribution in [2.75, 3.05) is 38.3 Å². The number of ketones is 1. The number of hydrogen-bond acceptors (Lipinski definition) is 5. The van der Waals surface area contributed by atoms with Gasteiger partial charge in [0.05, 0.1) is 20.3 Å². The number of aromatic hydroxyl groups is 1. The van der Waals surface area contributed by atoms with E-state index in [1.54, 1.807) is 24.3 Å². The highest BCUT2D eigenvalue weighted by atomic mass is 16.5. The van der Waals surface area contributed by atoms with E-state index >= 15 is 0 Å². The molecule has 3 rings (SSSR count). The second kappa shape index (κ2) is 7.85. The van der Waals surface area contributed by atoms with Crippen molar-refractivity contribution in [1.29, 1.82) is 0 Å². The predicted octanol–water partition coefficient (Wildman–Crippen LogP) is 3.13. The van der Waals surface area contributed by atoms with Crippen molar-refractivity contribution in [3.05, 3.63) is 59.7 Å². The third kappa shape index (κ3) is 4.19. The van der Waals surface area contributed by atoms with Crippen molar-refractivity contribution in [1.82, 2.24) is 0 Å². The third-order valence-electron chi connectivity index (χ3n) is 4.14. The van der Waals surface area contributed by atoms with Gasteiger partial charge in [-0.1, -0.05) is 24.3 Å². The number of allylic oxidation sites excluding steroid dienone is 1. The highest BCUT2D eigenvalue weighted by molar-refractivity contribution is 6.07. The minimum absolute atomic E-state index is 0.0476. The van der Waals surface area contributed by atoms with Gasteiger partial charge in [-0.2, -0.15) is 0 Å². The average molecular weight is 339 g/mol. The van der Waals surface area contributed by atoms with Crippen molar-refractivity contribution >= 4 is 17.5 Å². The third-order valence-corrected chi connectivity index (χ3v) is 4.14. The van der Waals surface area contributed by atoms with Gasteiger partial charge in [0.1, 0.15) is 0 Å². The molecule has 0 aliphatic carbocycles. The van der Waals surface area contributed by atoms with Crippen molar-refractivity contribution < 1.29 is 19.4 Å². The summed E-state index contributed by atoms with van der Waals surface area (Å²) in [6.07, 6.45) is 3.20. The summed E-state index contributed by atoms with van der Waals surface area (Å²) in [6, 6.07) is 12.6. The van der Waals surface area contributed by atoms with Crippen LogP contribution in [0.25, 0.3) is 6.08 Å². The number of phenolic OH excluding ortho intramolecular Hbond substituents is 1. The number of anilines is 1. The quantitative estimate of drug-likeness (QED) is 0.670. The molecular weight excluding hydrogens is 318 g/mol. The van der Waals surface area contributed by atoms with Gasteiger partial charge in [0, 0.05) is 24.3 Å². The van der Waals surface area contributed by atoms with Crippen molar-refractivity contribution in [3.8, 4) is 11.5 Å². The molecule has 1 heterocycles. The molecule has 1 N–H and O–H groups in total. The summed E-state index contributed by atoms with van der Waals surface area (Å²) in [7, 11) is 1.50. The number of nitrogens with zero attached hydrogens (tertiary/aromatic N) is 1. The Morgan fingerprint density at radius 2 is 2.00 bits per heavy atom. The molecule has 0 radical (unpaired) electrons. The first kappa shape index (κ1) is 17.0. The lowest BCUT2D eigenvalue weighted by Crippen LogP contribution is -2.36. The van der Waals surface area contributed by atoms with Crippen LogP contribution in [0.3, 0.4) is 0 Å². The molecule has 25 heavy (non-hydrogen) atoms. The normalized spacial score (nSPS) is 14.7. The molecule has 0 saturated carbocycles. The van der Waals surface area contributed by atoms with E-state index in [1.807, 2.05) is 24.3 Å². The van der Waals surface area contributed by atoms with Crippen LogP contribution in [-0.4, -0.2) is 44.3 Å². The number of hydrogen-bond donors (Lipinski definition) is 1. The Bertz CT molecular complexity index is 779. The van der Waals surface area contributed by atoms with Crippen LogP contribution in [0.5, 0.6) is 11.5 Å². The highest BCUT2D eigenvalue weighted by Crippen LogP contribution is 2.26. The number of methoxy groups -OCH3 is 1. The lowest BCUT2D eigenvalue weighted by Gasteiger charge is -2.29. The fourth-order valence-corrected chi connectivity index (χ4v) is 2.76. The molecule has 1 aliphatic heterocycles. The van der Waals surface area contributed by atoms with Crippen LogP contribution in [0.15, 0.2) is 48.5 Å². The number of phenols is 1. The second-order valence-electron chi connectivity index (χ2n) is 5.78. The summed E-state index contributed by atoms with van der Waals surface area (Å²) >= 11 is 0. The summed E-state index contributed by atoms with van der Waals surface area (Å²) in [5.74, 6) is 0.374. The fourth-order valence-electron chi connectivity index (χ4n) is 2.76. The number of ether oxygens (including phenoxy) is 2. The van der Waals surface area contributed by atoms with Gasteiger partial charge in [0.15, 0.2) is 17.3 Å². The van der Waals surface area contributed by atoms with Crippen LogP contribution in [0.4, 0.5) is 5.69 Å². The minimum Gasteiger partial charge on any atom is -0.504 e. The highest BCUT2D eigenvalue weighted by Gasteiger charge is 2.12. The standard InChI is InChI=1S/C20H21NO4/c1-24-20-8-6-15(13-19(20)23)5-7-18(22)16-3-2-4-17(14-16)21-9-11-25-12-10-21/h2-8,13-14,23H,9-12H2,1H3. The second-order valence-corrected chi connectivity index (χ2v) is 5.78. The molecule has 0 amide bonds. The van der Waals surface area contributed by atoms with Gasteiger partial charge in [-0.3, -0.25) is 4.79 Å². The molecule has 0 spiro atoms. The first-order valence-electron chi connectivity index (χ1n) is 8.19. The molecule has 0 aromatic heterocycles. The summed E-state index contributed by atoms with van der Waals surface area (Å²) < 4.78 is 10.4. The summed E-state index contributed by atoms with van der Waals surface area (Å²) in [6.45, 7) is 3.08. The summed E-state index contributed by atoms with van der Waals surface area (Å²) in [4.78, 5) is 14.7. The van der Waals surface area contributed by atoms with Gasteiger partial charge >= 0.3 is 0 Å². The maximum atomic E-state index is 12.4. The van der Waals surface area contributed by atoms with E-state index in [9.17, 15) is 9.90 Å². The number of benzene rings is 2. The Hall–Kier alpha value is -2.79. The number of morpholine rings is 1. The lowest BCUT2D eigenvalue weighted by molar-refractivity contribution is 0.104. The van der Waals surface area contributed by atoms with Gasteiger partial charge < -0.3 is 19.5 Å². The van der Waals surface area contributed by atoms with Crippen LogP contribution < -0.4 is 9.64 Å². The first-order valence-corrected chi connectivity index (χ1v) is 8.19. The summed E-state index contributed by atoms with van der Waals surface area (Å²) in [5.41, 5.74) is 2.40. The molecule has 0 atom stereocenters. The number of carbonyl (C=O) groups excluding carboxylic acids is 1. The van der Waals surface area contributed by atoms with Crippen LogP contribution in [-0.2, 0) is 4.74 Å². The van der Waals surface area contributed by atoms with Crippen molar-refractivity contribution in [2.45, 2.75) is 0 Å². The van der Waals surface area contributed by atoms with E-state index in [-0.39, 0.29) is 11.5 Å². The number of carbonyl (C=O) groups is 1. The molecule has 5 heteroatoms. The zero-order valence-electron chi connectivity index (χ0n) is 14.1. The van der Waals surface area contributed by atoms with Crippen molar-refractivity contribution in [3.63, 3.8) is 0 Å². The molecule has 5 nitrogen and oxygen atoms in total. The SMILES string of the molecule is COc1ccc(C=CC(=O)c2cccc(N3CCOCC3)c2)cc1O. The monoisotopic (exact) mass is 339 g/mol. The fraction of sp³-hybridized carbons (Fsp3) is 0.250. The Balaban J connectivity index is 1.73. The summed E-state index contributed by atoms with van der Waals surface area (Å²) in [5, 5.41) is 9.79. The molecule has 1 fully saturated rings. The van der Waals surface area contributed by atoms with E-state index in [4.69, 9.17) is 9.47 Å². The zero-order valence-corrected chi connectivity index (χ0v) is 14.1. The molecule has 0 bridgehead atoms. The van der Waals surface area contributed by atoms with Crippen LogP contribution in [0.2, 0.25) is 0 Å². The van der Waals surface area contributed by atoms with E-state index in [2.05, 4.69) is 4.90 Å².